The Kier molecular flexibility index (Phi) is 8.95. The van der Waals surface area contributed by atoms with Crippen LogP contribution in [0.25, 0.3) is 12.2 Å². The van der Waals surface area contributed by atoms with E-state index in [4.69, 9.17) is 0 Å². The first-order chi connectivity index (χ1) is 13.1. The fourth-order valence-electron chi connectivity index (χ4n) is 2.46. The van der Waals surface area contributed by atoms with Crippen molar-refractivity contribution in [2.24, 2.45) is 0 Å². The smallest absolute Gasteiger partial charge is 0.169 e. The summed E-state index contributed by atoms with van der Waals surface area (Å²) >= 11 is 1.94. The molecule has 4 nitrogen and oxygen atoms in total. The van der Waals surface area contributed by atoms with Crippen molar-refractivity contribution < 1.29 is 9.88 Å². The largest absolute Gasteiger partial charge is 0.378 e. The van der Waals surface area contributed by atoms with E-state index in [1.807, 2.05) is 24.1 Å². The van der Waals surface area contributed by atoms with Gasteiger partial charge in [0.1, 0.15) is 6.20 Å². The molecular weight excluding hydrogens is 352 g/mol. The van der Waals surface area contributed by atoms with Crippen molar-refractivity contribution in [3.63, 3.8) is 0 Å². The molecule has 0 aliphatic carbocycles. The van der Waals surface area contributed by atoms with E-state index in [-0.39, 0.29) is 0 Å². The van der Waals surface area contributed by atoms with Gasteiger partial charge in [0.15, 0.2) is 18.9 Å². The minimum atomic E-state index is 1.01. The van der Waals surface area contributed by atoms with Crippen LogP contribution in [0.3, 0.4) is 0 Å². The van der Waals surface area contributed by atoms with Crippen LogP contribution in [-0.2, 0) is 6.54 Å². The van der Waals surface area contributed by atoms with Crippen molar-refractivity contribution in [1.29, 1.82) is 0 Å². The minimum Gasteiger partial charge on any atom is -0.378 e. The Morgan fingerprint density at radius 2 is 1.59 bits per heavy atom. The number of quaternary nitrogens is 1. The number of benzene rings is 1. The molecule has 2 rings (SSSR count). The molecule has 2 N–H and O–H groups in total. The Balaban J connectivity index is 1.78. The molecule has 5 heteroatoms. The SMILES string of the molecule is C[NH2+]/C=C\N(C)CSCC[n+]1ccc(/C=C/c2ccc(N(C)C)cc2)cc1. The van der Waals surface area contributed by atoms with E-state index in [9.17, 15) is 0 Å². The molecule has 1 aromatic carbocycles. The second-order valence-corrected chi connectivity index (χ2v) is 7.73. The zero-order valence-corrected chi connectivity index (χ0v) is 17.7. The van der Waals surface area contributed by atoms with Gasteiger partial charge in [0.25, 0.3) is 0 Å². The van der Waals surface area contributed by atoms with Gasteiger partial charge >= 0.3 is 0 Å². The fourth-order valence-corrected chi connectivity index (χ4v) is 3.30. The maximum absolute atomic E-state index is 2.24. The van der Waals surface area contributed by atoms with Crippen molar-refractivity contribution in [3.05, 3.63) is 72.3 Å². The van der Waals surface area contributed by atoms with Crippen molar-refractivity contribution in [2.45, 2.75) is 6.54 Å². The van der Waals surface area contributed by atoms with Crippen LogP contribution in [0, 0.1) is 0 Å². The summed E-state index contributed by atoms with van der Waals surface area (Å²) in [5, 5.41) is 2.05. The molecule has 0 amide bonds. The van der Waals surface area contributed by atoms with E-state index >= 15 is 0 Å². The molecule has 1 heterocycles. The molecule has 27 heavy (non-hydrogen) atoms. The molecule has 0 saturated heterocycles. The molecule has 2 aromatic rings. The summed E-state index contributed by atoms with van der Waals surface area (Å²) in [5.41, 5.74) is 3.65. The topological polar surface area (TPSA) is 27.0 Å². The molecule has 0 aliphatic heterocycles. The number of pyridine rings is 1. The van der Waals surface area contributed by atoms with Crippen molar-refractivity contribution in [2.75, 3.05) is 44.7 Å². The highest BCUT2D eigenvalue weighted by molar-refractivity contribution is 7.99. The van der Waals surface area contributed by atoms with E-state index in [0.29, 0.717) is 0 Å². The summed E-state index contributed by atoms with van der Waals surface area (Å²) in [6.45, 7) is 1.03. The summed E-state index contributed by atoms with van der Waals surface area (Å²) in [6, 6.07) is 12.9. The highest BCUT2D eigenvalue weighted by Gasteiger charge is 2.01. The van der Waals surface area contributed by atoms with Gasteiger partial charge in [-0.25, -0.2) is 4.57 Å². The van der Waals surface area contributed by atoms with E-state index in [1.54, 1.807) is 0 Å². The molecule has 0 fully saturated rings. The number of nitrogens with two attached hydrogens (primary N) is 1. The van der Waals surface area contributed by atoms with Crippen LogP contribution in [0.5, 0.6) is 0 Å². The van der Waals surface area contributed by atoms with Crippen molar-refractivity contribution in [3.8, 4) is 0 Å². The lowest BCUT2D eigenvalue weighted by atomic mass is 10.1. The minimum absolute atomic E-state index is 1.01. The Labute approximate surface area is 168 Å². The summed E-state index contributed by atoms with van der Waals surface area (Å²) in [7, 11) is 8.26. The van der Waals surface area contributed by atoms with Crippen LogP contribution in [0.4, 0.5) is 5.69 Å². The Morgan fingerprint density at radius 1 is 0.963 bits per heavy atom. The summed E-state index contributed by atoms with van der Waals surface area (Å²) < 4.78 is 2.24. The predicted molar refractivity (Wildman–Crippen MR) is 118 cm³/mol. The molecule has 0 aliphatic rings. The van der Waals surface area contributed by atoms with Crippen LogP contribution in [-0.4, -0.2) is 44.7 Å². The van der Waals surface area contributed by atoms with Crippen LogP contribution in [0.15, 0.2) is 61.2 Å². The van der Waals surface area contributed by atoms with Crippen LogP contribution in [0.2, 0.25) is 0 Å². The van der Waals surface area contributed by atoms with Gasteiger partial charge in [-0.3, -0.25) is 0 Å². The van der Waals surface area contributed by atoms with Gasteiger partial charge in [-0.2, -0.15) is 0 Å². The monoisotopic (exact) mass is 384 g/mol. The highest BCUT2D eigenvalue weighted by Crippen LogP contribution is 2.14. The lowest BCUT2D eigenvalue weighted by Gasteiger charge is -2.11. The molecule has 1 aromatic heterocycles. The number of hydrogen-bond donors (Lipinski definition) is 1. The molecule has 0 spiro atoms. The summed E-state index contributed by atoms with van der Waals surface area (Å²) in [6.07, 6.45) is 12.8. The predicted octanol–water partition coefficient (Wildman–Crippen LogP) is 2.50. The number of thioether (sulfide) groups is 1. The number of rotatable bonds is 10. The third kappa shape index (κ3) is 7.89. The zero-order valence-electron chi connectivity index (χ0n) is 16.9. The Bertz CT molecular complexity index is 721. The van der Waals surface area contributed by atoms with Crippen molar-refractivity contribution >= 4 is 29.6 Å². The molecule has 0 saturated carbocycles. The average Bonchev–Trinajstić information content (AvgIpc) is 2.69. The van der Waals surface area contributed by atoms with Gasteiger partial charge in [0.05, 0.1) is 24.9 Å². The van der Waals surface area contributed by atoms with Gasteiger partial charge in [-0.05, 0) is 23.3 Å². The third-order valence-corrected chi connectivity index (χ3v) is 5.18. The number of anilines is 1. The van der Waals surface area contributed by atoms with Crippen LogP contribution < -0.4 is 14.8 Å². The molecule has 0 atom stereocenters. The first-order valence-corrected chi connectivity index (χ1v) is 10.4. The van der Waals surface area contributed by atoms with Gasteiger partial charge in [-0.1, -0.05) is 24.3 Å². The van der Waals surface area contributed by atoms with E-state index < -0.39 is 0 Å². The van der Waals surface area contributed by atoms with Gasteiger partial charge in [0, 0.05) is 39.0 Å². The lowest BCUT2D eigenvalue weighted by molar-refractivity contribution is -0.692. The first kappa shape index (κ1) is 21.1. The van der Waals surface area contributed by atoms with Crippen molar-refractivity contribution in [1.82, 2.24) is 4.90 Å². The summed E-state index contributed by atoms with van der Waals surface area (Å²) in [4.78, 5) is 4.31. The molecule has 0 unspecified atom stereocenters. The normalized spacial score (nSPS) is 11.4. The lowest BCUT2D eigenvalue weighted by Crippen LogP contribution is -2.72. The summed E-state index contributed by atoms with van der Waals surface area (Å²) in [5.74, 6) is 2.12. The van der Waals surface area contributed by atoms with E-state index in [0.717, 1.165) is 18.2 Å². The Hall–Kier alpha value is -2.24. The maximum Gasteiger partial charge on any atom is 0.169 e. The third-order valence-electron chi connectivity index (χ3n) is 4.12. The van der Waals surface area contributed by atoms with Crippen LogP contribution in [0.1, 0.15) is 11.1 Å². The number of aromatic nitrogens is 1. The second-order valence-electron chi connectivity index (χ2n) is 6.66. The quantitative estimate of drug-likeness (QED) is 0.387. The standard InChI is InChI=1S/C22H31N4S/c1-23-13-16-25(4)19-27-18-17-26-14-11-21(12-15-26)6-5-20-7-9-22(10-8-20)24(2)3/h5-16,23H,17-19H2,1-4H3/q+1/p+1/b16-13-. The highest BCUT2D eigenvalue weighted by atomic mass is 32.2. The number of nitrogens with zero attached hydrogens (tertiary/aromatic N) is 3. The Morgan fingerprint density at radius 3 is 2.19 bits per heavy atom. The number of aryl methyl sites for hydroxylation is 1. The molecule has 0 bridgehead atoms. The zero-order chi connectivity index (χ0) is 19.5. The molecular formula is C22H32N4S+2. The van der Waals surface area contributed by atoms with E-state index in [2.05, 4.69) is 109 Å². The maximum atomic E-state index is 2.24. The van der Waals surface area contributed by atoms with Gasteiger partial charge < -0.3 is 15.1 Å². The van der Waals surface area contributed by atoms with E-state index in [1.165, 1.54) is 16.8 Å². The first-order valence-electron chi connectivity index (χ1n) is 9.27. The molecule has 0 radical (unpaired) electrons. The average molecular weight is 385 g/mol. The number of hydrogen-bond acceptors (Lipinski definition) is 3. The van der Waals surface area contributed by atoms with Crippen LogP contribution >= 0.6 is 11.8 Å². The second kappa shape index (κ2) is 11.5. The van der Waals surface area contributed by atoms with Gasteiger partial charge in [0.2, 0.25) is 0 Å². The fraction of sp³-hybridized carbons (Fsp3) is 0.318. The molecule has 144 valence electrons. The van der Waals surface area contributed by atoms with Gasteiger partial charge in [-0.15, -0.1) is 11.8 Å².